The Morgan fingerprint density at radius 2 is 1.81 bits per heavy atom. The van der Waals surface area contributed by atoms with Crippen LogP contribution >= 0.6 is 0 Å². The van der Waals surface area contributed by atoms with Crippen LogP contribution in [0.25, 0.3) is 0 Å². The first-order valence-electron chi connectivity index (χ1n) is 9.01. The minimum Gasteiger partial charge on any atom is -0.393 e. The molecule has 2 heteroatoms. The van der Waals surface area contributed by atoms with E-state index in [0.29, 0.717) is 11.3 Å². The highest BCUT2D eigenvalue weighted by atomic mass is 16.3. The van der Waals surface area contributed by atoms with Crippen molar-refractivity contribution in [2.24, 2.45) is 28.6 Å². The summed E-state index contributed by atoms with van der Waals surface area (Å²) in [6, 6.07) is 0. The quantitative estimate of drug-likeness (QED) is 0.668. The molecule has 2 N–H and O–H groups in total. The fraction of sp³-hybridized carbons (Fsp3) is 0.895. The largest absolute Gasteiger partial charge is 0.393 e. The van der Waals surface area contributed by atoms with Crippen LogP contribution in [0.5, 0.6) is 0 Å². The SMILES string of the molecule is C[C@]12CCC(O)CC1=CC[C@@H]1[C@@H]2CC[C@]2(C)C(O)CC[C@@H]12. The fourth-order valence-corrected chi connectivity index (χ4v) is 6.61. The molecule has 0 heterocycles. The normalized spacial score (nSPS) is 56.2. The Bertz CT molecular complexity index is 470. The summed E-state index contributed by atoms with van der Waals surface area (Å²) in [6.45, 7) is 4.81. The predicted molar refractivity (Wildman–Crippen MR) is 83.7 cm³/mol. The zero-order chi connectivity index (χ0) is 14.8. The lowest BCUT2D eigenvalue weighted by molar-refractivity contribution is -0.0711. The molecule has 0 aromatic heterocycles. The molecule has 0 aromatic carbocycles. The average molecular weight is 290 g/mol. The molecule has 3 saturated carbocycles. The van der Waals surface area contributed by atoms with Crippen molar-refractivity contribution in [2.75, 3.05) is 0 Å². The van der Waals surface area contributed by atoms with E-state index in [-0.39, 0.29) is 17.6 Å². The van der Waals surface area contributed by atoms with E-state index in [0.717, 1.165) is 37.5 Å². The molecular formula is C19H30O2. The maximum absolute atomic E-state index is 10.5. The molecule has 4 aliphatic rings. The molecule has 7 atom stereocenters. The van der Waals surface area contributed by atoms with Crippen LogP contribution in [0.4, 0.5) is 0 Å². The maximum atomic E-state index is 10.5. The van der Waals surface area contributed by atoms with E-state index in [1.165, 1.54) is 25.7 Å². The number of aliphatic hydroxyl groups excluding tert-OH is 2. The fourth-order valence-electron chi connectivity index (χ4n) is 6.61. The lowest BCUT2D eigenvalue weighted by atomic mass is 9.48. The zero-order valence-corrected chi connectivity index (χ0v) is 13.5. The van der Waals surface area contributed by atoms with Gasteiger partial charge in [0.15, 0.2) is 0 Å². The smallest absolute Gasteiger partial charge is 0.0596 e. The van der Waals surface area contributed by atoms with Crippen molar-refractivity contribution in [3.8, 4) is 0 Å². The van der Waals surface area contributed by atoms with Crippen LogP contribution in [0, 0.1) is 28.6 Å². The van der Waals surface area contributed by atoms with Gasteiger partial charge in [-0.1, -0.05) is 25.5 Å². The van der Waals surface area contributed by atoms with E-state index < -0.39 is 0 Å². The number of rotatable bonds is 0. The molecule has 2 unspecified atom stereocenters. The summed E-state index contributed by atoms with van der Waals surface area (Å²) in [5.74, 6) is 2.27. The number of aliphatic hydroxyl groups is 2. The van der Waals surface area contributed by atoms with Gasteiger partial charge in [-0.3, -0.25) is 0 Å². The van der Waals surface area contributed by atoms with Gasteiger partial charge in [0.25, 0.3) is 0 Å². The minimum atomic E-state index is -0.108. The van der Waals surface area contributed by atoms with Gasteiger partial charge in [0.2, 0.25) is 0 Å². The van der Waals surface area contributed by atoms with Crippen molar-refractivity contribution in [2.45, 2.75) is 77.4 Å². The second kappa shape index (κ2) is 4.58. The monoisotopic (exact) mass is 290 g/mol. The van der Waals surface area contributed by atoms with Crippen LogP contribution in [-0.4, -0.2) is 22.4 Å². The highest BCUT2D eigenvalue weighted by molar-refractivity contribution is 5.25. The maximum Gasteiger partial charge on any atom is 0.0596 e. The zero-order valence-electron chi connectivity index (χ0n) is 13.5. The standard InChI is InChI=1S/C19H30O2/c1-18-9-7-13(20)11-12(18)3-4-14-15-5-6-17(21)19(15,2)10-8-16(14)18/h3,13-17,20-21H,4-11H2,1-2H3/t13?,14-,15-,16-,17?,18-,19-/m0/s1. The molecule has 118 valence electrons. The summed E-state index contributed by atoms with van der Waals surface area (Å²) in [5, 5.41) is 20.5. The Hall–Kier alpha value is -0.340. The molecule has 21 heavy (non-hydrogen) atoms. The first-order chi connectivity index (χ1) is 9.95. The Kier molecular flexibility index (Phi) is 3.11. The Balaban J connectivity index is 1.68. The topological polar surface area (TPSA) is 40.5 Å². The number of allylic oxidation sites excluding steroid dienone is 1. The molecule has 0 bridgehead atoms. The summed E-state index contributed by atoms with van der Waals surface area (Å²) in [6.07, 6.45) is 11.2. The molecule has 0 radical (unpaired) electrons. The molecule has 0 aromatic rings. The van der Waals surface area contributed by atoms with Gasteiger partial charge in [-0.25, -0.2) is 0 Å². The summed E-state index contributed by atoms with van der Waals surface area (Å²) < 4.78 is 0. The molecule has 3 fully saturated rings. The molecule has 4 rings (SSSR count). The molecule has 0 aliphatic heterocycles. The number of hydrogen-bond donors (Lipinski definition) is 2. The van der Waals surface area contributed by atoms with Crippen molar-refractivity contribution in [1.82, 2.24) is 0 Å². The van der Waals surface area contributed by atoms with Gasteiger partial charge in [-0.05, 0) is 80.0 Å². The molecule has 0 spiro atoms. The first-order valence-corrected chi connectivity index (χ1v) is 9.01. The Morgan fingerprint density at radius 3 is 2.62 bits per heavy atom. The van der Waals surface area contributed by atoms with Gasteiger partial charge in [-0.15, -0.1) is 0 Å². The molecule has 4 aliphatic carbocycles. The number of fused-ring (bicyclic) bond motifs is 5. The lowest BCUT2D eigenvalue weighted by Crippen LogP contribution is -2.51. The third kappa shape index (κ3) is 1.84. The summed E-state index contributed by atoms with van der Waals surface area (Å²) >= 11 is 0. The van der Waals surface area contributed by atoms with Crippen molar-refractivity contribution in [3.05, 3.63) is 11.6 Å². The molecule has 0 amide bonds. The summed E-state index contributed by atoms with van der Waals surface area (Å²) in [7, 11) is 0. The second-order valence-electron chi connectivity index (χ2n) is 8.79. The van der Waals surface area contributed by atoms with Crippen LogP contribution in [0.15, 0.2) is 11.6 Å². The van der Waals surface area contributed by atoms with E-state index in [1.807, 2.05) is 0 Å². The van der Waals surface area contributed by atoms with Crippen molar-refractivity contribution in [3.63, 3.8) is 0 Å². The Morgan fingerprint density at radius 1 is 1.00 bits per heavy atom. The van der Waals surface area contributed by atoms with Crippen LogP contribution in [0.1, 0.15) is 65.2 Å². The van der Waals surface area contributed by atoms with E-state index >= 15 is 0 Å². The van der Waals surface area contributed by atoms with Crippen LogP contribution in [0.2, 0.25) is 0 Å². The van der Waals surface area contributed by atoms with E-state index in [4.69, 9.17) is 0 Å². The van der Waals surface area contributed by atoms with Crippen molar-refractivity contribution >= 4 is 0 Å². The van der Waals surface area contributed by atoms with Crippen LogP contribution < -0.4 is 0 Å². The lowest BCUT2D eigenvalue weighted by Gasteiger charge is -2.57. The molecular weight excluding hydrogens is 260 g/mol. The van der Waals surface area contributed by atoms with Gasteiger partial charge >= 0.3 is 0 Å². The third-order valence-electron chi connectivity index (χ3n) is 8.03. The first kappa shape index (κ1) is 14.3. The molecule has 0 saturated heterocycles. The molecule has 2 nitrogen and oxygen atoms in total. The minimum absolute atomic E-state index is 0.0742. The highest BCUT2D eigenvalue weighted by Gasteiger charge is 2.58. The van der Waals surface area contributed by atoms with Gasteiger partial charge < -0.3 is 10.2 Å². The third-order valence-corrected chi connectivity index (χ3v) is 8.03. The van der Waals surface area contributed by atoms with Gasteiger partial charge in [0.05, 0.1) is 12.2 Å². The van der Waals surface area contributed by atoms with E-state index in [2.05, 4.69) is 19.9 Å². The van der Waals surface area contributed by atoms with Crippen LogP contribution in [0.3, 0.4) is 0 Å². The van der Waals surface area contributed by atoms with Crippen molar-refractivity contribution < 1.29 is 10.2 Å². The number of hydrogen-bond acceptors (Lipinski definition) is 2. The average Bonchev–Trinajstić information content (AvgIpc) is 2.76. The van der Waals surface area contributed by atoms with Gasteiger partial charge in [0.1, 0.15) is 0 Å². The summed E-state index contributed by atoms with van der Waals surface area (Å²) in [5.41, 5.74) is 2.05. The van der Waals surface area contributed by atoms with Gasteiger partial charge in [-0.2, -0.15) is 0 Å². The van der Waals surface area contributed by atoms with Crippen LogP contribution in [-0.2, 0) is 0 Å². The second-order valence-corrected chi connectivity index (χ2v) is 8.79. The summed E-state index contributed by atoms with van der Waals surface area (Å²) in [4.78, 5) is 0. The van der Waals surface area contributed by atoms with E-state index in [1.54, 1.807) is 5.57 Å². The van der Waals surface area contributed by atoms with Crippen molar-refractivity contribution in [1.29, 1.82) is 0 Å². The Labute approximate surface area is 128 Å². The van der Waals surface area contributed by atoms with E-state index in [9.17, 15) is 10.2 Å². The van der Waals surface area contributed by atoms with Gasteiger partial charge in [0, 0.05) is 0 Å². The predicted octanol–water partition coefficient (Wildman–Crippen LogP) is 3.67. The highest BCUT2D eigenvalue weighted by Crippen LogP contribution is 2.64.